The summed E-state index contributed by atoms with van der Waals surface area (Å²) in [6.07, 6.45) is 54.1. The number of rotatable bonds is 40. The van der Waals surface area contributed by atoms with Crippen molar-refractivity contribution in [3.8, 4) is 0 Å². The third-order valence-corrected chi connectivity index (χ3v) is 9.02. The summed E-state index contributed by atoms with van der Waals surface area (Å²) in [6.45, 7) is 4.39. The van der Waals surface area contributed by atoms with E-state index in [0.717, 1.165) is 96.3 Å². The van der Waals surface area contributed by atoms with E-state index in [-0.39, 0.29) is 32.7 Å². The van der Waals surface area contributed by atoms with E-state index in [9.17, 15) is 19.5 Å². The van der Waals surface area contributed by atoms with Crippen molar-refractivity contribution in [1.82, 2.24) is 0 Å². The number of carbonyl (C=O) groups excluding carboxylic acids is 3. The van der Waals surface area contributed by atoms with Crippen LogP contribution in [0.25, 0.3) is 0 Å². The van der Waals surface area contributed by atoms with E-state index in [0.29, 0.717) is 30.3 Å². The fraction of sp³-hybridized carbons (Fsp3) is 0.596. The van der Waals surface area contributed by atoms with Gasteiger partial charge in [-0.3, -0.25) is 9.59 Å². The highest BCUT2D eigenvalue weighted by atomic mass is 16.7. The minimum atomic E-state index is -1.65. The Morgan fingerprint density at radius 2 is 0.902 bits per heavy atom. The van der Waals surface area contributed by atoms with Crippen molar-refractivity contribution in [3.63, 3.8) is 0 Å². The standard InChI is InChI=1S/C52H83NO8/c1-6-8-10-12-14-16-18-20-22-24-25-27-28-30-32-34-36-38-40-42-49(54)59-46-48(47-60-52(51(56)57)58-45-44-53(3,4)5)61-50(55)43-41-39-37-35-33-31-29-26-23-21-19-17-15-13-11-9-7-2/h8-11,14-17,20-23,25,27,29,31,35,37,48,52H,6-7,12-13,18-19,24,26,28,30,32-34,36,38-47H2,1-5H3/b10-8-,11-9-,16-14-,17-15-,22-20-,23-21-,27-25-,31-29-,37-35-. The number of carbonyl (C=O) groups is 3. The zero-order valence-electron chi connectivity index (χ0n) is 38.7. The van der Waals surface area contributed by atoms with Gasteiger partial charge in [-0.25, -0.2) is 0 Å². The van der Waals surface area contributed by atoms with E-state index in [2.05, 4.69) is 117 Å². The van der Waals surface area contributed by atoms with Gasteiger partial charge in [-0.2, -0.15) is 0 Å². The molecule has 0 fully saturated rings. The van der Waals surface area contributed by atoms with Crippen LogP contribution in [0.3, 0.4) is 0 Å². The van der Waals surface area contributed by atoms with Gasteiger partial charge in [-0.05, 0) is 89.9 Å². The molecule has 0 rings (SSSR count). The Labute approximate surface area is 371 Å². The van der Waals surface area contributed by atoms with Crippen LogP contribution in [0.1, 0.15) is 142 Å². The van der Waals surface area contributed by atoms with Crippen LogP contribution in [0.5, 0.6) is 0 Å². The van der Waals surface area contributed by atoms with Gasteiger partial charge in [0.25, 0.3) is 0 Å². The topological polar surface area (TPSA) is 111 Å². The van der Waals surface area contributed by atoms with Gasteiger partial charge in [0, 0.05) is 12.8 Å². The van der Waals surface area contributed by atoms with Gasteiger partial charge in [-0.15, -0.1) is 0 Å². The third-order valence-electron chi connectivity index (χ3n) is 9.02. The number of carboxylic acids is 1. The van der Waals surface area contributed by atoms with Crippen LogP contribution < -0.4 is 5.11 Å². The molecule has 0 saturated heterocycles. The first kappa shape index (κ1) is 57.0. The summed E-state index contributed by atoms with van der Waals surface area (Å²) >= 11 is 0. The van der Waals surface area contributed by atoms with E-state index < -0.39 is 30.3 Å². The van der Waals surface area contributed by atoms with Crippen LogP contribution in [0.4, 0.5) is 0 Å². The molecule has 0 aromatic carbocycles. The number of likely N-dealkylation sites (N-methyl/N-ethyl adjacent to an activating group) is 1. The smallest absolute Gasteiger partial charge is 0.306 e. The molecule has 61 heavy (non-hydrogen) atoms. The van der Waals surface area contributed by atoms with Crippen LogP contribution in [0.2, 0.25) is 0 Å². The number of allylic oxidation sites excluding steroid dienone is 18. The Morgan fingerprint density at radius 3 is 1.36 bits per heavy atom. The lowest BCUT2D eigenvalue weighted by atomic mass is 10.1. The number of nitrogens with zero attached hydrogens (tertiary/aromatic N) is 1. The lowest BCUT2D eigenvalue weighted by Gasteiger charge is -2.26. The van der Waals surface area contributed by atoms with E-state index in [1.165, 1.54) is 0 Å². The van der Waals surface area contributed by atoms with Gasteiger partial charge >= 0.3 is 11.9 Å². The summed E-state index contributed by atoms with van der Waals surface area (Å²) in [5.74, 6) is -2.40. The molecule has 0 bridgehead atoms. The van der Waals surface area contributed by atoms with Gasteiger partial charge in [0.1, 0.15) is 13.2 Å². The van der Waals surface area contributed by atoms with Crippen molar-refractivity contribution in [2.75, 3.05) is 47.5 Å². The maximum atomic E-state index is 12.7. The molecule has 0 aliphatic carbocycles. The molecule has 0 aliphatic heterocycles. The van der Waals surface area contributed by atoms with Gasteiger partial charge in [0.15, 0.2) is 12.4 Å². The first-order chi connectivity index (χ1) is 29.6. The molecule has 344 valence electrons. The maximum Gasteiger partial charge on any atom is 0.306 e. The monoisotopic (exact) mass is 850 g/mol. The van der Waals surface area contributed by atoms with E-state index in [4.69, 9.17) is 18.9 Å². The molecule has 0 saturated carbocycles. The second-order valence-electron chi connectivity index (χ2n) is 15.9. The zero-order chi connectivity index (χ0) is 44.9. The summed E-state index contributed by atoms with van der Waals surface area (Å²) < 4.78 is 22.5. The minimum Gasteiger partial charge on any atom is -0.545 e. The van der Waals surface area contributed by atoms with Crippen molar-refractivity contribution < 1.29 is 42.9 Å². The van der Waals surface area contributed by atoms with Crippen LogP contribution in [-0.4, -0.2) is 82.3 Å². The Morgan fingerprint density at radius 1 is 0.492 bits per heavy atom. The van der Waals surface area contributed by atoms with Gasteiger partial charge in [0.2, 0.25) is 0 Å². The predicted octanol–water partition coefficient (Wildman–Crippen LogP) is 11.1. The van der Waals surface area contributed by atoms with E-state index in [1.54, 1.807) is 0 Å². The zero-order valence-corrected chi connectivity index (χ0v) is 38.7. The maximum absolute atomic E-state index is 12.7. The quantitative estimate of drug-likeness (QED) is 0.0197. The summed E-state index contributed by atoms with van der Waals surface area (Å²) in [5.41, 5.74) is 0. The second kappa shape index (κ2) is 42.6. The Hall–Kier alpha value is -4.05. The van der Waals surface area contributed by atoms with Crippen molar-refractivity contribution in [1.29, 1.82) is 0 Å². The third kappa shape index (κ3) is 43.8. The van der Waals surface area contributed by atoms with Crippen molar-refractivity contribution in [3.05, 3.63) is 109 Å². The number of ether oxygens (including phenoxy) is 4. The molecule has 0 aromatic rings. The average Bonchev–Trinajstić information content (AvgIpc) is 3.22. The first-order valence-corrected chi connectivity index (χ1v) is 23.0. The van der Waals surface area contributed by atoms with Crippen LogP contribution in [0.15, 0.2) is 109 Å². The largest absolute Gasteiger partial charge is 0.545 e. The number of aliphatic carboxylic acids is 1. The molecule has 0 spiro atoms. The lowest BCUT2D eigenvalue weighted by molar-refractivity contribution is -0.870. The highest BCUT2D eigenvalue weighted by Crippen LogP contribution is 2.11. The fourth-order valence-electron chi connectivity index (χ4n) is 5.50. The number of quaternary nitrogens is 1. The van der Waals surface area contributed by atoms with Crippen LogP contribution >= 0.6 is 0 Å². The number of esters is 2. The van der Waals surface area contributed by atoms with Crippen molar-refractivity contribution >= 4 is 17.9 Å². The molecule has 2 unspecified atom stereocenters. The number of hydrogen-bond donors (Lipinski definition) is 0. The Balaban J connectivity index is 4.56. The molecule has 0 aromatic heterocycles. The highest BCUT2D eigenvalue weighted by Gasteiger charge is 2.21. The number of carboxylic acid groups (broad SMARTS) is 1. The normalized spacial score (nSPS) is 13.9. The molecule has 9 nitrogen and oxygen atoms in total. The van der Waals surface area contributed by atoms with Crippen LogP contribution in [0, 0.1) is 0 Å². The van der Waals surface area contributed by atoms with Gasteiger partial charge < -0.3 is 33.3 Å². The Kier molecular flexibility index (Phi) is 39.8. The molecule has 0 N–H and O–H groups in total. The molecular formula is C52H83NO8. The first-order valence-electron chi connectivity index (χ1n) is 23.0. The molecule has 0 amide bonds. The minimum absolute atomic E-state index is 0.128. The summed E-state index contributed by atoms with van der Waals surface area (Å²) in [6, 6.07) is 0. The molecule has 9 heteroatoms. The summed E-state index contributed by atoms with van der Waals surface area (Å²) in [7, 11) is 5.87. The van der Waals surface area contributed by atoms with Gasteiger partial charge in [0.05, 0.1) is 40.3 Å². The number of unbranched alkanes of at least 4 members (excludes halogenated alkanes) is 7. The van der Waals surface area contributed by atoms with E-state index in [1.807, 2.05) is 27.2 Å². The molecule has 0 aliphatic rings. The molecule has 2 atom stereocenters. The molecular weight excluding hydrogens is 767 g/mol. The van der Waals surface area contributed by atoms with Gasteiger partial charge in [-0.1, -0.05) is 149 Å². The fourth-order valence-corrected chi connectivity index (χ4v) is 5.50. The second-order valence-corrected chi connectivity index (χ2v) is 15.9. The summed E-state index contributed by atoms with van der Waals surface area (Å²) in [4.78, 5) is 37.0. The average molecular weight is 850 g/mol. The van der Waals surface area contributed by atoms with E-state index >= 15 is 0 Å². The lowest BCUT2D eigenvalue weighted by Crippen LogP contribution is -2.44. The van der Waals surface area contributed by atoms with Crippen molar-refractivity contribution in [2.45, 2.75) is 155 Å². The van der Waals surface area contributed by atoms with Crippen molar-refractivity contribution in [2.24, 2.45) is 0 Å². The molecule has 0 heterocycles. The number of hydrogen-bond acceptors (Lipinski definition) is 8. The highest BCUT2D eigenvalue weighted by molar-refractivity contribution is 5.70. The van der Waals surface area contributed by atoms with Crippen LogP contribution in [-0.2, 0) is 33.3 Å². The molecule has 0 radical (unpaired) electrons. The predicted molar refractivity (Wildman–Crippen MR) is 250 cm³/mol. The SMILES string of the molecule is CC/C=C\C/C=C\C/C=C\C/C=C\C/C=C\CCCC(=O)OC(COC(=O)CCCCCCCC/C=C\C/C=C\C/C=C\C/C=C\CC)COC(OCC[N+](C)(C)C)C(=O)[O-]. The summed E-state index contributed by atoms with van der Waals surface area (Å²) in [5, 5.41) is 11.7. The Bertz CT molecular complexity index is 1360.